The molecule has 1 unspecified atom stereocenters. The standard InChI is InChI=1S/C15H18FN3/c1-11(14-9-17-10-19(14)2)18-15(6-7-15)12-4-3-5-13(16)8-12/h3-5,8-11,18H,6-7H2,1-2H3. The summed E-state index contributed by atoms with van der Waals surface area (Å²) in [7, 11) is 1.99. The van der Waals surface area contributed by atoms with E-state index >= 15 is 0 Å². The highest BCUT2D eigenvalue weighted by Gasteiger charge is 2.45. The van der Waals surface area contributed by atoms with Crippen molar-refractivity contribution in [3.63, 3.8) is 0 Å². The Morgan fingerprint density at radius 3 is 2.79 bits per heavy atom. The van der Waals surface area contributed by atoms with Crippen LogP contribution in [0.1, 0.15) is 37.1 Å². The molecule has 1 aromatic heterocycles. The average Bonchev–Trinajstić information content (AvgIpc) is 3.03. The number of aromatic nitrogens is 2. The van der Waals surface area contributed by atoms with Crippen molar-refractivity contribution in [3.05, 3.63) is 53.9 Å². The topological polar surface area (TPSA) is 29.9 Å². The molecule has 1 saturated carbocycles. The summed E-state index contributed by atoms with van der Waals surface area (Å²) in [5.41, 5.74) is 2.12. The Labute approximate surface area is 112 Å². The van der Waals surface area contributed by atoms with Crippen LogP contribution in [0.15, 0.2) is 36.8 Å². The summed E-state index contributed by atoms with van der Waals surface area (Å²) < 4.78 is 15.4. The van der Waals surface area contributed by atoms with Gasteiger partial charge in [-0.25, -0.2) is 9.37 Å². The SMILES string of the molecule is CC(NC1(c2cccc(F)c2)CC1)c1cncn1C. The molecule has 0 radical (unpaired) electrons. The van der Waals surface area contributed by atoms with Gasteiger partial charge in [0.15, 0.2) is 0 Å². The molecular formula is C15H18FN3. The third-order valence-electron chi connectivity index (χ3n) is 3.92. The molecule has 2 aromatic rings. The van der Waals surface area contributed by atoms with Gasteiger partial charge in [0.2, 0.25) is 0 Å². The zero-order chi connectivity index (χ0) is 13.5. The first-order valence-electron chi connectivity index (χ1n) is 6.61. The number of imidazole rings is 1. The Balaban J connectivity index is 1.81. The van der Waals surface area contributed by atoms with E-state index < -0.39 is 0 Å². The number of hydrogen-bond donors (Lipinski definition) is 1. The molecule has 19 heavy (non-hydrogen) atoms. The second-order valence-electron chi connectivity index (χ2n) is 5.39. The van der Waals surface area contributed by atoms with Gasteiger partial charge >= 0.3 is 0 Å². The Kier molecular flexibility index (Phi) is 2.90. The summed E-state index contributed by atoms with van der Waals surface area (Å²) in [6.07, 6.45) is 5.78. The van der Waals surface area contributed by atoms with Crippen molar-refractivity contribution < 1.29 is 4.39 Å². The molecule has 1 heterocycles. The van der Waals surface area contributed by atoms with Gasteiger partial charge in [0.25, 0.3) is 0 Å². The first kappa shape index (κ1) is 12.4. The highest BCUT2D eigenvalue weighted by Crippen LogP contribution is 2.47. The summed E-state index contributed by atoms with van der Waals surface area (Å²) in [6.45, 7) is 2.12. The fourth-order valence-corrected chi connectivity index (χ4v) is 2.70. The minimum Gasteiger partial charge on any atom is -0.336 e. The lowest BCUT2D eigenvalue weighted by atomic mass is 10.0. The van der Waals surface area contributed by atoms with Crippen molar-refractivity contribution in [1.82, 2.24) is 14.9 Å². The largest absolute Gasteiger partial charge is 0.336 e. The van der Waals surface area contributed by atoms with E-state index in [1.807, 2.05) is 23.9 Å². The number of aryl methyl sites for hydroxylation is 1. The smallest absolute Gasteiger partial charge is 0.123 e. The van der Waals surface area contributed by atoms with Gasteiger partial charge in [-0.1, -0.05) is 12.1 Å². The zero-order valence-corrected chi connectivity index (χ0v) is 11.2. The number of hydrogen-bond acceptors (Lipinski definition) is 2. The van der Waals surface area contributed by atoms with Gasteiger partial charge in [-0.2, -0.15) is 0 Å². The molecule has 1 N–H and O–H groups in total. The second kappa shape index (κ2) is 4.46. The van der Waals surface area contributed by atoms with Gasteiger partial charge in [0.05, 0.1) is 12.0 Å². The van der Waals surface area contributed by atoms with Crippen LogP contribution >= 0.6 is 0 Å². The predicted octanol–water partition coefficient (Wildman–Crippen LogP) is 2.90. The van der Waals surface area contributed by atoms with Gasteiger partial charge in [0, 0.05) is 24.8 Å². The van der Waals surface area contributed by atoms with Gasteiger partial charge in [-0.3, -0.25) is 5.32 Å². The van der Waals surface area contributed by atoms with Crippen LogP contribution in [0.2, 0.25) is 0 Å². The lowest BCUT2D eigenvalue weighted by Gasteiger charge is -2.23. The molecule has 0 saturated heterocycles. The minimum absolute atomic E-state index is 0.0637. The van der Waals surface area contributed by atoms with Crippen LogP contribution in [-0.4, -0.2) is 9.55 Å². The van der Waals surface area contributed by atoms with Gasteiger partial charge in [-0.15, -0.1) is 0 Å². The van der Waals surface area contributed by atoms with Crippen LogP contribution in [0.5, 0.6) is 0 Å². The summed E-state index contributed by atoms with van der Waals surface area (Å²) in [5, 5.41) is 3.63. The summed E-state index contributed by atoms with van der Waals surface area (Å²) in [5.74, 6) is -0.168. The van der Waals surface area contributed by atoms with E-state index in [9.17, 15) is 4.39 Å². The number of nitrogens with one attached hydrogen (secondary N) is 1. The van der Waals surface area contributed by atoms with Crippen LogP contribution < -0.4 is 5.32 Å². The molecule has 0 bridgehead atoms. The van der Waals surface area contributed by atoms with E-state index in [1.54, 1.807) is 18.5 Å². The van der Waals surface area contributed by atoms with Crippen molar-refractivity contribution in [3.8, 4) is 0 Å². The summed E-state index contributed by atoms with van der Waals surface area (Å²) in [6, 6.07) is 7.10. The Morgan fingerprint density at radius 1 is 1.42 bits per heavy atom. The molecule has 0 amide bonds. The molecule has 3 rings (SSSR count). The number of halogens is 1. The molecule has 0 spiro atoms. The fraction of sp³-hybridized carbons (Fsp3) is 0.400. The van der Waals surface area contributed by atoms with Gasteiger partial charge < -0.3 is 4.57 Å². The molecule has 1 aromatic carbocycles. The lowest BCUT2D eigenvalue weighted by Crippen LogP contribution is -2.32. The first-order chi connectivity index (χ1) is 9.11. The maximum atomic E-state index is 13.4. The van der Waals surface area contributed by atoms with Crippen molar-refractivity contribution >= 4 is 0 Å². The van der Waals surface area contributed by atoms with E-state index in [2.05, 4.69) is 17.2 Å². The molecule has 4 heteroatoms. The van der Waals surface area contributed by atoms with E-state index in [0.717, 1.165) is 24.1 Å². The number of nitrogens with zero attached hydrogens (tertiary/aromatic N) is 2. The van der Waals surface area contributed by atoms with E-state index in [4.69, 9.17) is 0 Å². The van der Waals surface area contributed by atoms with Gasteiger partial charge in [0.1, 0.15) is 5.82 Å². The molecule has 1 atom stereocenters. The maximum absolute atomic E-state index is 13.4. The lowest BCUT2D eigenvalue weighted by molar-refractivity contribution is 0.435. The Bertz CT molecular complexity index is 587. The maximum Gasteiger partial charge on any atom is 0.123 e. The summed E-state index contributed by atoms with van der Waals surface area (Å²) >= 11 is 0. The van der Waals surface area contributed by atoms with Crippen LogP contribution in [0.3, 0.4) is 0 Å². The quantitative estimate of drug-likeness (QED) is 0.915. The molecular weight excluding hydrogens is 241 g/mol. The monoisotopic (exact) mass is 259 g/mol. The molecule has 1 aliphatic carbocycles. The molecule has 3 nitrogen and oxygen atoms in total. The summed E-state index contributed by atoms with van der Waals surface area (Å²) in [4.78, 5) is 4.14. The van der Waals surface area contributed by atoms with Gasteiger partial charge in [-0.05, 0) is 37.5 Å². The molecule has 100 valence electrons. The highest BCUT2D eigenvalue weighted by atomic mass is 19.1. The third-order valence-corrected chi connectivity index (χ3v) is 3.92. The molecule has 1 fully saturated rings. The number of rotatable bonds is 4. The fourth-order valence-electron chi connectivity index (χ4n) is 2.70. The minimum atomic E-state index is -0.168. The van der Waals surface area contributed by atoms with Crippen molar-refractivity contribution in [2.75, 3.05) is 0 Å². The van der Waals surface area contributed by atoms with Crippen molar-refractivity contribution in [2.24, 2.45) is 7.05 Å². The first-order valence-corrected chi connectivity index (χ1v) is 6.61. The van der Waals surface area contributed by atoms with Crippen LogP contribution in [0.4, 0.5) is 4.39 Å². The Hall–Kier alpha value is -1.68. The van der Waals surface area contributed by atoms with Crippen molar-refractivity contribution in [1.29, 1.82) is 0 Å². The van der Waals surface area contributed by atoms with E-state index in [1.165, 1.54) is 6.07 Å². The Morgan fingerprint density at radius 2 is 2.21 bits per heavy atom. The number of benzene rings is 1. The van der Waals surface area contributed by atoms with E-state index in [0.29, 0.717) is 0 Å². The van der Waals surface area contributed by atoms with Crippen molar-refractivity contribution in [2.45, 2.75) is 31.3 Å². The zero-order valence-electron chi connectivity index (χ0n) is 11.2. The van der Waals surface area contributed by atoms with Crippen LogP contribution in [0.25, 0.3) is 0 Å². The van der Waals surface area contributed by atoms with E-state index in [-0.39, 0.29) is 17.4 Å². The highest BCUT2D eigenvalue weighted by molar-refractivity contribution is 5.31. The molecule has 0 aliphatic heterocycles. The van der Waals surface area contributed by atoms with Crippen LogP contribution in [-0.2, 0) is 12.6 Å². The predicted molar refractivity (Wildman–Crippen MR) is 72.1 cm³/mol. The molecule has 1 aliphatic rings. The third kappa shape index (κ3) is 2.28. The average molecular weight is 259 g/mol. The van der Waals surface area contributed by atoms with Crippen LogP contribution in [0, 0.1) is 5.82 Å². The second-order valence-corrected chi connectivity index (χ2v) is 5.39. The normalized spacial score (nSPS) is 18.3.